The zero-order valence-electron chi connectivity index (χ0n) is 11.6. The van der Waals surface area contributed by atoms with Crippen molar-refractivity contribution in [3.8, 4) is 5.75 Å². The summed E-state index contributed by atoms with van der Waals surface area (Å²) in [6.45, 7) is 4.53. The Morgan fingerprint density at radius 1 is 1.50 bits per heavy atom. The molecule has 1 saturated heterocycles. The zero-order valence-corrected chi connectivity index (χ0v) is 11.6. The van der Waals surface area contributed by atoms with Crippen LogP contribution in [0.15, 0.2) is 18.2 Å². The van der Waals surface area contributed by atoms with E-state index >= 15 is 0 Å². The topological polar surface area (TPSA) is 82.2 Å². The summed E-state index contributed by atoms with van der Waals surface area (Å²) in [6, 6.07) is 5.77. The molecule has 20 heavy (non-hydrogen) atoms. The molecule has 1 aliphatic heterocycles. The van der Waals surface area contributed by atoms with E-state index in [1.165, 1.54) is 0 Å². The summed E-state index contributed by atoms with van der Waals surface area (Å²) in [7, 11) is 0. The van der Waals surface area contributed by atoms with Crippen molar-refractivity contribution in [2.75, 3.05) is 12.3 Å². The minimum absolute atomic E-state index is 0.0156. The summed E-state index contributed by atoms with van der Waals surface area (Å²) in [6.07, 6.45) is 0.506. The minimum Gasteiger partial charge on any atom is -0.489 e. The molecule has 1 amide bonds. The molecule has 0 radical (unpaired) electrons. The number of carbonyl (C=O) groups excluding carboxylic acids is 1. The fourth-order valence-electron chi connectivity index (χ4n) is 2.61. The van der Waals surface area contributed by atoms with E-state index in [1.54, 1.807) is 0 Å². The fourth-order valence-corrected chi connectivity index (χ4v) is 2.61. The summed E-state index contributed by atoms with van der Waals surface area (Å²) in [5, 5.41) is 2.82. The van der Waals surface area contributed by atoms with E-state index < -0.39 is 0 Å². The lowest BCUT2D eigenvalue weighted by Gasteiger charge is -2.13. The van der Waals surface area contributed by atoms with Gasteiger partial charge in [0.1, 0.15) is 11.3 Å². The van der Waals surface area contributed by atoms with Gasteiger partial charge in [-0.1, -0.05) is 6.07 Å². The number of rotatable bonds is 3. The maximum Gasteiger partial charge on any atom is 0.222 e. The highest BCUT2D eigenvalue weighted by molar-refractivity contribution is 5.85. The minimum atomic E-state index is 0.0156. The quantitative estimate of drug-likeness (QED) is 0.888. The number of benzene rings is 1. The normalized spacial score (nSPS) is 18.8. The van der Waals surface area contributed by atoms with E-state index in [0.717, 1.165) is 16.8 Å². The number of carbonyl (C=O) groups is 1. The highest BCUT2D eigenvalue weighted by Gasteiger charge is 2.27. The van der Waals surface area contributed by atoms with E-state index in [9.17, 15) is 4.79 Å². The maximum atomic E-state index is 11.4. The van der Waals surface area contributed by atoms with Crippen LogP contribution >= 0.6 is 0 Å². The van der Waals surface area contributed by atoms with Gasteiger partial charge in [-0.15, -0.1) is 0 Å². The number of imidazole rings is 1. The van der Waals surface area contributed by atoms with Gasteiger partial charge in [0.15, 0.2) is 0 Å². The van der Waals surface area contributed by atoms with Crippen LogP contribution in [0.3, 0.4) is 0 Å². The Bertz CT molecular complexity index is 662. The molecule has 0 spiro atoms. The van der Waals surface area contributed by atoms with Crippen LogP contribution in [0.2, 0.25) is 0 Å². The molecule has 1 aliphatic rings. The van der Waals surface area contributed by atoms with E-state index in [0.29, 0.717) is 18.9 Å². The van der Waals surface area contributed by atoms with Crippen molar-refractivity contribution in [1.82, 2.24) is 14.9 Å². The monoisotopic (exact) mass is 274 g/mol. The number of nitrogen functional groups attached to an aromatic ring is 1. The lowest BCUT2D eigenvalue weighted by molar-refractivity contribution is -0.119. The first-order chi connectivity index (χ1) is 9.56. The molecule has 0 bridgehead atoms. The van der Waals surface area contributed by atoms with Crippen molar-refractivity contribution in [2.24, 2.45) is 0 Å². The number of aromatic nitrogens is 2. The Labute approximate surface area is 116 Å². The number of fused-ring (bicyclic) bond motifs is 1. The van der Waals surface area contributed by atoms with Gasteiger partial charge in [-0.05, 0) is 26.0 Å². The third-order valence-corrected chi connectivity index (χ3v) is 3.39. The zero-order chi connectivity index (χ0) is 14.3. The first kappa shape index (κ1) is 12.8. The van der Waals surface area contributed by atoms with E-state index in [-0.39, 0.29) is 18.1 Å². The molecular weight excluding hydrogens is 256 g/mol. The Morgan fingerprint density at radius 3 is 2.95 bits per heavy atom. The van der Waals surface area contributed by atoms with Crippen LogP contribution in [0.25, 0.3) is 11.0 Å². The Hall–Kier alpha value is -2.24. The van der Waals surface area contributed by atoms with Crippen LogP contribution < -0.4 is 15.8 Å². The van der Waals surface area contributed by atoms with Crippen molar-refractivity contribution < 1.29 is 9.53 Å². The Balaban J connectivity index is 2.09. The molecule has 1 fully saturated rings. The van der Waals surface area contributed by atoms with Gasteiger partial charge in [-0.2, -0.15) is 0 Å². The van der Waals surface area contributed by atoms with Crippen molar-refractivity contribution in [1.29, 1.82) is 0 Å². The molecule has 3 rings (SSSR count). The molecule has 1 atom stereocenters. The van der Waals surface area contributed by atoms with Crippen LogP contribution in [0.5, 0.6) is 5.75 Å². The summed E-state index contributed by atoms with van der Waals surface area (Å²) in [5.74, 6) is 1.19. The molecule has 2 aromatic rings. The molecule has 6 heteroatoms. The molecular formula is C14H18N4O2. The number of amides is 1. The second-order valence-corrected chi connectivity index (χ2v) is 5.29. The smallest absolute Gasteiger partial charge is 0.222 e. The van der Waals surface area contributed by atoms with Crippen LogP contribution in [0, 0.1) is 0 Å². The van der Waals surface area contributed by atoms with Gasteiger partial charge in [0.25, 0.3) is 0 Å². The van der Waals surface area contributed by atoms with Crippen LogP contribution in [-0.2, 0) is 4.79 Å². The molecule has 0 aliphatic carbocycles. The molecule has 1 aromatic heterocycles. The van der Waals surface area contributed by atoms with E-state index in [2.05, 4.69) is 10.3 Å². The van der Waals surface area contributed by atoms with E-state index in [1.807, 2.05) is 36.6 Å². The first-order valence-electron chi connectivity index (χ1n) is 6.76. The largest absolute Gasteiger partial charge is 0.489 e. The summed E-state index contributed by atoms with van der Waals surface area (Å²) in [5.41, 5.74) is 7.69. The first-order valence-corrected chi connectivity index (χ1v) is 6.76. The van der Waals surface area contributed by atoms with Crippen molar-refractivity contribution in [3.05, 3.63) is 18.2 Å². The second kappa shape index (κ2) is 4.70. The number of nitrogens with one attached hydrogen (secondary N) is 1. The Kier molecular flexibility index (Phi) is 3.00. The second-order valence-electron chi connectivity index (χ2n) is 5.29. The number of ether oxygens (including phenoxy) is 1. The Morgan fingerprint density at radius 2 is 2.30 bits per heavy atom. The van der Waals surface area contributed by atoms with Crippen molar-refractivity contribution in [2.45, 2.75) is 32.4 Å². The highest BCUT2D eigenvalue weighted by atomic mass is 16.5. The number of nitrogens with zero attached hydrogens (tertiary/aromatic N) is 2. The molecule has 3 N–H and O–H groups in total. The summed E-state index contributed by atoms with van der Waals surface area (Å²) in [4.78, 5) is 15.8. The fraction of sp³-hybridized carbons (Fsp3) is 0.429. The molecule has 1 unspecified atom stereocenters. The van der Waals surface area contributed by atoms with Gasteiger partial charge >= 0.3 is 0 Å². The van der Waals surface area contributed by atoms with Crippen LogP contribution in [0.1, 0.15) is 26.3 Å². The van der Waals surface area contributed by atoms with Gasteiger partial charge < -0.3 is 20.4 Å². The van der Waals surface area contributed by atoms with Crippen molar-refractivity contribution >= 4 is 22.9 Å². The number of anilines is 1. The molecule has 1 aromatic carbocycles. The van der Waals surface area contributed by atoms with Gasteiger partial charge in [-0.25, -0.2) is 4.98 Å². The molecule has 106 valence electrons. The van der Waals surface area contributed by atoms with Crippen LogP contribution in [0.4, 0.5) is 5.95 Å². The van der Waals surface area contributed by atoms with Crippen LogP contribution in [-0.4, -0.2) is 28.1 Å². The molecule has 2 heterocycles. The maximum absolute atomic E-state index is 11.4. The predicted molar refractivity (Wildman–Crippen MR) is 76.6 cm³/mol. The predicted octanol–water partition coefficient (Wildman–Crippen LogP) is 1.47. The number of hydrogen-bond acceptors (Lipinski definition) is 4. The molecule has 6 nitrogen and oxygen atoms in total. The van der Waals surface area contributed by atoms with Gasteiger partial charge in [0.2, 0.25) is 11.9 Å². The van der Waals surface area contributed by atoms with Gasteiger partial charge in [-0.3, -0.25) is 4.79 Å². The third kappa shape index (κ3) is 2.07. The average molecular weight is 274 g/mol. The van der Waals surface area contributed by atoms with Gasteiger partial charge in [0, 0.05) is 13.0 Å². The third-order valence-electron chi connectivity index (χ3n) is 3.39. The van der Waals surface area contributed by atoms with Gasteiger partial charge in [0.05, 0.1) is 17.7 Å². The average Bonchev–Trinajstić information content (AvgIpc) is 2.92. The standard InChI is InChI=1S/C14H18N4O2/c1-8(2)20-11-5-3-4-10-13(11)17-14(15)18(10)9-6-12(19)16-7-9/h3-5,8-9H,6-7H2,1-2H3,(H2,15,17)(H,16,19). The SMILES string of the molecule is CC(C)Oc1cccc2c1nc(N)n2C1CNC(=O)C1. The highest BCUT2D eigenvalue weighted by Crippen LogP contribution is 2.32. The lowest BCUT2D eigenvalue weighted by atomic mass is 10.2. The number of para-hydroxylation sites is 1. The van der Waals surface area contributed by atoms with Crippen molar-refractivity contribution in [3.63, 3.8) is 0 Å². The lowest BCUT2D eigenvalue weighted by Crippen LogP contribution is -2.16. The number of hydrogen-bond donors (Lipinski definition) is 2. The number of nitrogens with two attached hydrogens (primary N) is 1. The molecule has 0 saturated carbocycles. The summed E-state index contributed by atoms with van der Waals surface area (Å²) >= 11 is 0. The summed E-state index contributed by atoms with van der Waals surface area (Å²) < 4.78 is 7.68. The van der Waals surface area contributed by atoms with E-state index in [4.69, 9.17) is 10.5 Å².